The van der Waals surface area contributed by atoms with Gasteiger partial charge in [0.25, 0.3) is 0 Å². The fraction of sp³-hybridized carbons (Fsp3) is 0.867. The van der Waals surface area contributed by atoms with E-state index in [1.165, 1.54) is 0 Å². The van der Waals surface area contributed by atoms with Crippen molar-refractivity contribution < 1.29 is 19.8 Å². The summed E-state index contributed by atoms with van der Waals surface area (Å²) in [4.78, 5) is 24.8. The van der Waals surface area contributed by atoms with Crippen LogP contribution in [0.15, 0.2) is 0 Å². The molecule has 4 saturated carbocycles. The Morgan fingerprint density at radius 2 is 1.95 bits per heavy atom. The molecule has 4 aliphatic rings. The Balaban J connectivity index is 2.30. The third kappa shape index (κ3) is 1.13. The minimum absolute atomic E-state index is 0.00741. The minimum atomic E-state index is -1.57. The normalized spacial score (nSPS) is 53.0. The second-order valence-corrected chi connectivity index (χ2v) is 7.93. The van der Waals surface area contributed by atoms with Crippen LogP contribution in [0.2, 0.25) is 0 Å². The Morgan fingerprint density at radius 1 is 1.35 bits per heavy atom. The van der Waals surface area contributed by atoms with Gasteiger partial charge < -0.3 is 10.2 Å². The van der Waals surface area contributed by atoms with Gasteiger partial charge in [-0.2, -0.15) is 0 Å². The predicted molar refractivity (Wildman–Crippen MR) is 73.4 cm³/mol. The van der Waals surface area contributed by atoms with Crippen molar-refractivity contribution in [3.8, 4) is 0 Å². The van der Waals surface area contributed by atoms with Crippen LogP contribution < -0.4 is 0 Å². The van der Waals surface area contributed by atoms with Gasteiger partial charge in [-0.25, -0.2) is 0 Å². The van der Waals surface area contributed by atoms with Gasteiger partial charge in [-0.3, -0.25) is 9.59 Å². The average molecular weight is 301 g/mol. The minimum Gasteiger partial charge on any atom is -0.481 e. The van der Waals surface area contributed by atoms with Crippen molar-refractivity contribution >= 4 is 23.4 Å². The maximum absolute atomic E-state index is 12.8. The third-order valence-corrected chi connectivity index (χ3v) is 7.33. The first kappa shape index (κ1) is 14.3. The zero-order chi connectivity index (χ0) is 15.1. The summed E-state index contributed by atoms with van der Waals surface area (Å²) in [5, 5.41) is 19.6. The molecule has 112 valence electrons. The number of aliphatic hydroxyl groups excluding tert-OH is 1. The van der Waals surface area contributed by atoms with E-state index < -0.39 is 33.7 Å². The maximum Gasteiger partial charge on any atom is 0.314 e. The smallest absolute Gasteiger partial charge is 0.314 e. The Morgan fingerprint density at radius 3 is 2.50 bits per heavy atom. The monoisotopic (exact) mass is 300 g/mol. The summed E-state index contributed by atoms with van der Waals surface area (Å²) in [5.74, 6) is -1.28. The Labute approximate surface area is 123 Å². The van der Waals surface area contributed by atoms with Gasteiger partial charge >= 0.3 is 5.97 Å². The van der Waals surface area contributed by atoms with Crippen molar-refractivity contribution in [2.45, 2.75) is 51.5 Å². The van der Waals surface area contributed by atoms with E-state index in [9.17, 15) is 19.8 Å². The molecular weight excluding hydrogens is 280 g/mol. The SMILES string of the molecule is C[C@@H]1CC[C@H]2C(C)(C)[C@@]3(C(=O)O)[C@H](Cl)C[C@@]12C(=O)[C@@H]3O. The molecule has 4 rings (SSSR count). The standard InChI is InChI=1S/C15H21ClO4/c1-7-4-5-8-13(2,3)15(12(19)20)9(16)6-14(7,8)10(17)11(15)18/h7-9,11,18H,4-6H2,1-3H3,(H,19,20)/t7-,8+,9-,11+,14-,15+/m1/s1. The first-order chi connectivity index (χ1) is 9.15. The van der Waals surface area contributed by atoms with E-state index >= 15 is 0 Å². The molecule has 0 aromatic rings. The van der Waals surface area contributed by atoms with Gasteiger partial charge in [-0.1, -0.05) is 20.8 Å². The largest absolute Gasteiger partial charge is 0.481 e. The number of hydrogen-bond donors (Lipinski definition) is 2. The molecule has 4 nitrogen and oxygen atoms in total. The number of Topliss-reactive ketones (excluding diaryl/α,β-unsaturated/α-hetero) is 1. The van der Waals surface area contributed by atoms with E-state index in [1.54, 1.807) is 0 Å². The van der Waals surface area contributed by atoms with Gasteiger partial charge in [0.1, 0.15) is 11.5 Å². The molecule has 0 aromatic carbocycles. The summed E-state index contributed by atoms with van der Waals surface area (Å²) < 4.78 is 0. The summed E-state index contributed by atoms with van der Waals surface area (Å²) in [5.41, 5.74) is -2.89. The van der Waals surface area contributed by atoms with Crippen molar-refractivity contribution in [1.29, 1.82) is 0 Å². The Kier molecular flexibility index (Phi) is 2.70. The number of carboxylic acid groups (broad SMARTS) is 1. The fourth-order valence-corrected chi connectivity index (χ4v) is 6.55. The molecule has 2 bridgehead atoms. The maximum atomic E-state index is 12.8. The number of fused-ring (bicyclic) bond motifs is 2. The first-order valence-corrected chi connectivity index (χ1v) is 7.68. The molecule has 5 heteroatoms. The third-order valence-electron chi connectivity index (χ3n) is 6.83. The molecule has 1 spiro atoms. The molecule has 6 atom stereocenters. The summed E-state index contributed by atoms with van der Waals surface area (Å²) in [6.07, 6.45) is 0.617. The lowest BCUT2D eigenvalue weighted by atomic mass is 9.37. The molecule has 0 aromatic heterocycles. The number of carbonyl (C=O) groups is 2. The zero-order valence-electron chi connectivity index (χ0n) is 12.0. The number of rotatable bonds is 1. The highest BCUT2D eigenvalue weighted by Gasteiger charge is 2.80. The Bertz CT molecular complexity index is 502. The highest BCUT2D eigenvalue weighted by atomic mass is 35.5. The van der Waals surface area contributed by atoms with Crippen molar-refractivity contribution in [2.24, 2.45) is 28.1 Å². The van der Waals surface area contributed by atoms with E-state index in [-0.39, 0.29) is 17.6 Å². The molecule has 0 heterocycles. The number of halogens is 1. The topological polar surface area (TPSA) is 74.6 Å². The lowest BCUT2D eigenvalue weighted by molar-refractivity contribution is -0.225. The van der Waals surface area contributed by atoms with Crippen LogP contribution in [-0.2, 0) is 9.59 Å². The van der Waals surface area contributed by atoms with E-state index in [2.05, 4.69) is 0 Å². The molecule has 4 fully saturated rings. The molecule has 0 saturated heterocycles. The van der Waals surface area contributed by atoms with Crippen LogP contribution in [0.25, 0.3) is 0 Å². The highest BCUT2D eigenvalue weighted by molar-refractivity contribution is 6.24. The van der Waals surface area contributed by atoms with Crippen molar-refractivity contribution in [3.05, 3.63) is 0 Å². The lowest BCUT2D eigenvalue weighted by Crippen LogP contribution is -2.76. The number of carbonyl (C=O) groups excluding carboxylic acids is 1. The number of ketones is 1. The second kappa shape index (κ2) is 3.77. The number of alkyl halides is 1. The van der Waals surface area contributed by atoms with Gasteiger partial charge in [0.2, 0.25) is 0 Å². The van der Waals surface area contributed by atoms with Crippen LogP contribution in [0.3, 0.4) is 0 Å². The van der Waals surface area contributed by atoms with E-state index in [1.807, 2.05) is 20.8 Å². The van der Waals surface area contributed by atoms with Crippen LogP contribution >= 0.6 is 11.6 Å². The van der Waals surface area contributed by atoms with Gasteiger partial charge in [-0.05, 0) is 36.5 Å². The van der Waals surface area contributed by atoms with Crippen molar-refractivity contribution in [3.63, 3.8) is 0 Å². The summed E-state index contributed by atoms with van der Waals surface area (Å²) in [7, 11) is 0. The Hall–Kier alpha value is -0.610. The van der Waals surface area contributed by atoms with E-state index in [0.29, 0.717) is 6.42 Å². The van der Waals surface area contributed by atoms with Gasteiger partial charge in [0.05, 0.1) is 5.38 Å². The van der Waals surface area contributed by atoms with Crippen LogP contribution in [0, 0.1) is 28.1 Å². The predicted octanol–water partition coefficient (Wildman–Crippen LogP) is 2.07. The summed E-state index contributed by atoms with van der Waals surface area (Å²) >= 11 is 6.44. The molecule has 0 amide bonds. The zero-order valence-corrected chi connectivity index (χ0v) is 12.8. The molecule has 4 aliphatic carbocycles. The quantitative estimate of drug-likeness (QED) is 0.727. The average Bonchev–Trinajstić information content (AvgIpc) is 2.65. The second-order valence-electron chi connectivity index (χ2n) is 7.41. The van der Waals surface area contributed by atoms with Crippen molar-refractivity contribution in [2.75, 3.05) is 0 Å². The van der Waals surface area contributed by atoms with Gasteiger partial charge in [-0.15, -0.1) is 11.6 Å². The molecular formula is C15H21ClO4. The highest BCUT2D eigenvalue weighted by Crippen LogP contribution is 2.73. The molecule has 20 heavy (non-hydrogen) atoms. The number of aliphatic carboxylic acids is 1. The van der Waals surface area contributed by atoms with E-state index in [0.717, 1.165) is 12.8 Å². The number of carboxylic acids is 1. The van der Waals surface area contributed by atoms with Crippen LogP contribution in [0.5, 0.6) is 0 Å². The molecule has 0 radical (unpaired) electrons. The summed E-state index contributed by atoms with van der Waals surface area (Å²) in [6, 6.07) is 0. The van der Waals surface area contributed by atoms with Crippen LogP contribution in [0.4, 0.5) is 0 Å². The lowest BCUT2D eigenvalue weighted by Gasteiger charge is -2.66. The molecule has 0 aliphatic heterocycles. The van der Waals surface area contributed by atoms with Gasteiger partial charge in [0.15, 0.2) is 5.78 Å². The fourth-order valence-electron chi connectivity index (χ4n) is 5.80. The number of aliphatic hydroxyl groups is 1. The molecule has 0 unspecified atom stereocenters. The van der Waals surface area contributed by atoms with E-state index in [4.69, 9.17) is 11.6 Å². The molecule has 2 N–H and O–H groups in total. The van der Waals surface area contributed by atoms with Gasteiger partial charge in [0, 0.05) is 5.41 Å². The van der Waals surface area contributed by atoms with Crippen molar-refractivity contribution in [1.82, 2.24) is 0 Å². The van der Waals surface area contributed by atoms with Crippen LogP contribution in [-0.4, -0.2) is 33.4 Å². The first-order valence-electron chi connectivity index (χ1n) is 7.25. The summed E-state index contributed by atoms with van der Waals surface area (Å²) in [6.45, 7) is 5.76. The van der Waals surface area contributed by atoms with Crippen LogP contribution in [0.1, 0.15) is 40.0 Å². The number of hydrogen-bond acceptors (Lipinski definition) is 3.